The molecule has 1 heterocycles. The van der Waals surface area contributed by atoms with Crippen molar-refractivity contribution in [1.29, 1.82) is 0 Å². The predicted molar refractivity (Wildman–Crippen MR) is 70.9 cm³/mol. The third-order valence-electron chi connectivity index (χ3n) is 2.64. The van der Waals surface area contributed by atoms with E-state index in [0.717, 1.165) is 11.3 Å². The van der Waals surface area contributed by atoms with Gasteiger partial charge in [-0.15, -0.1) is 0 Å². The highest BCUT2D eigenvalue weighted by atomic mass is 35.5. The highest BCUT2D eigenvalue weighted by Crippen LogP contribution is 2.23. The Labute approximate surface area is 111 Å². The van der Waals surface area contributed by atoms with E-state index in [2.05, 4.69) is 15.3 Å². The highest BCUT2D eigenvalue weighted by molar-refractivity contribution is 6.30. The molecule has 1 aromatic carbocycles. The minimum atomic E-state index is -0.0411. The number of hydrogen-bond acceptors (Lipinski definition) is 4. The summed E-state index contributed by atoms with van der Waals surface area (Å²) >= 11 is 6.01. The van der Waals surface area contributed by atoms with Crippen LogP contribution in [0, 0.1) is 0 Å². The molecule has 1 atom stereocenters. The fourth-order valence-corrected chi connectivity index (χ4v) is 1.99. The zero-order valence-electron chi connectivity index (χ0n) is 10.2. The predicted octanol–water partition coefficient (Wildman–Crippen LogP) is 2.45. The maximum absolute atomic E-state index is 6.01. The SMILES string of the molecule is CNC(c1cccc(Cl)c1)c1cc(OC)ncn1. The Bertz CT molecular complexity index is 533. The molecule has 94 valence electrons. The van der Waals surface area contributed by atoms with Crippen LogP contribution < -0.4 is 10.1 Å². The average molecular weight is 264 g/mol. The summed E-state index contributed by atoms with van der Waals surface area (Å²) in [5.41, 5.74) is 1.89. The van der Waals surface area contributed by atoms with Crippen molar-refractivity contribution in [3.8, 4) is 5.88 Å². The number of methoxy groups -OCH3 is 1. The second kappa shape index (κ2) is 5.80. The maximum Gasteiger partial charge on any atom is 0.216 e. The van der Waals surface area contributed by atoms with E-state index in [0.29, 0.717) is 10.9 Å². The lowest BCUT2D eigenvalue weighted by molar-refractivity contribution is 0.395. The van der Waals surface area contributed by atoms with Gasteiger partial charge in [-0.05, 0) is 24.7 Å². The van der Waals surface area contributed by atoms with Gasteiger partial charge in [-0.25, -0.2) is 9.97 Å². The largest absolute Gasteiger partial charge is 0.481 e. The van der Waals surface area contributed by atoms with Crippen LogP contribution in [0.25, 0.3) is 0 Å². The minimum absolute atomic E-state index is 0.0411. The van der Waals surface area contributed by atoms with Crippen molar-refractivity contribution < 1.29 is 4.74 Å². The fraction of sp³-hybridized carbons (Fsp3) is 0.231. The van der Waals surface area contributed by atoms with Gasteiger partial charge in [-0.3, -0.25) is 0 Å². The fourth-order valence-electron chi connectivity index (χ4n) is 1.79. The third kappa shape index (κ3) is 2.78. The van der Waals surface area contributed by atoms with E-state index in [9.17, 15) is 0 Å². The van der Waals surface area contributed by atoms with Crippen LogP contribution in [0.2, 0.25) is 5.02 Å². The number of halogens is 1. The molecule has 0 radical (unpaired) electrons. The molecule has 0 saturated heterocycles. The molecule has 2 aromatic rings. The van der Waals surface area contributed by atoms with Crippen LogP contribution in [0.4, 0.5) is 0 Å². The second-order valence-corrected chi connectivity index (χ2v) is 4.20. The van der Waals surface area contributed by atoms with Crippen LogP contribution in [-0.2, 0) is 0 Å². The first-order valence-electron chi connectivity index (χ1n) is 5.53. The van der Waals surface area contributed by atoms with Gasteiger partial charge in [0.05, 0.1) is 18.8 Å². The van der Waals surface area contributed by atoms with Crippen LogP contribution >= 0.6 is 11.6 Å². The van der Waals surface area contributed by atoms with Gasteiger partial charge >= 0.3 is 0 Å². The number of ether oxygens (including phenoxy) is 1. The molecule has 0 amide bonds. The smallest absolute Gasteiger partial charge is 0.216 e. The molecule has 0 aliphatic rings. The summed E-state index contributed by atoms with van der Waals surface area (Å²) in [6.07, 6.45) is 1.49. The summed E-state index contributed by atoms with van der Waals surface area (Å²) in [6.45, 7) is 0. The molecule has 4 nitrogen and oxygen atoms in total. The Morgan fingerprint density at radius 1 is 1.28 bits per heavy atom. The first-order valence-corrected chi connectivity index (χ1v) is 5.91. The summed E-state index contributed by atoms with van der Waals surface area (Å²) < 4.78 is 5.10. The van der Waals surface area contributed by atoms with Gasteiger partial charge in [0.1, 0.15) is 6.33 Å². The monoisotopic (exact) mass is 263 g/mol. The Morgan fingerprint density at radius 3 is 2.78 bits per heavy atom. The van der Waals surface area contributed by atoms with E-state index in [4.69, 9.17) is 16.3 Å². The van der Waals surface area contributed by atoms with Gasteiger partial charge in [0.25, 0.3) is 0 Å². The zero-order valence-corrected chi connectivity index (χ0v) is 11.0. The second-order valence-electron chi connectivity index (χ2n) is 3.76. The van der Waals surface area contributed by atoms with Crippen molar-refractivity contribution in [2.75, 3.05) is 14.2 Å². The van der Waals surface area contributed by atoms with E-state index in [1.165, 1.54) is 6.33 Å². The Balaban J connectivity index is 2.38. The lowest BCUT2D eigenvalue weighted by atomic mass is 10.0. The first kappa shape index (κ1) is 12.8. The molecule has 1 N–H and O–H groups in total. The molecule has 0 saturated carbocycles. The summed E-state index contributed by atoms with van der Waals surface area (Å²) in [7, 11) is 3.46. The van der Waals surface area contributed by atoms with Gasteiger partial charge in [-0.2, -0.15) is 0 Å². The molecular weight excluding hydrogens is 250 g/mol. The quantitative estimate of drug-likeness (QED) is 0.920. The molecule has 2 rings (SSSR count). The van der Waals surface area contributed by atoms with E-state index >= 15 is 0 Å². The number of hydrogen-bond donors (Lipinski definition) is 1. The Hall–Kier alpha value is -1.65. The van der Waals surface area contributed by atoms with Gasteiger partial charge in [-0.1, -0.05) is 23.7 Å². The molecule has 0 fully saturated rings. The summed E-state index contributed by atoms with van der Waals surface area (Å²) in [5.74, 6) is 0.544. The van der Waals surface area contributed by atoms with Gasteiger partial charge in [0.15, 0.2) is 0 Å². The average Bonchev–Trinajstić information content (AvgIpc) is 2.40. The molecule has 0 spiro atoms. The lowest BCUT2D eigenvalue weighted by Gasteiger charge is -2.16. The van der Waals surface area contributed by atoms with Crippen LogP contribution in [0.15, 0.2) is 36.7 Å². The van der Waals surface area contributed by atoms with Crippen LogP contribution in [0.1, 0.15) is 17.3 Å². The molecule has 18 heavy (non-hydrogen) atoms. The number of aromatic nitrogens is 2. The zero-order chi connectivity index (χ0) is 13.0. The van der Waals surface area contributed by atoms with Crippen LogP contribution in [-0.4, -0.2) is 24.1 Å². The van der Waals surface area contributed by atoms with E-state index < -0.39 is 0 Å². The molecule has 1 unspecified atom stereocenters. The van der Waals surface area contributed by atoms with Crippen molar-refractivity contribution in [2.45, 2.75) is 6.04 Å². The van der Waals surface area contributed by atoms with Gasteiger partial charge in [0.2, 0.25) is 5.88 Å². The van der Waals surface area contributed by atoms with E-state index in [1.54, 1.807) is 7.11 Å². The van der Waals surface area contributed by atoms with Crippen molar-refractivity contribution >= 4 is 11.6 Å². The van der Waals surface area contributed by atoms with Crippen LogP contribution in [0.5, 0.6) is 5.88 Å². The number of nitrogens with zero attached hydrogens (tertiary/aromatic N) is 2. The molecule has 0 bridgehead atoms. The Morgan fingerprint density at radius 2 is 2.11 bits per heavy atom. The van der Waals surface area contributed by atoms with Crippen LogP contribution in [0.3, 0.4) is 0 Å². The maximum atomic E-state index is 6.01. The molecule has 5 heteroatoms. The summed E-state index contributed by atoms with van der Waals surface area (Å²) in [4.78, 5) is 8.27. The minimum Gasteiger partial charge on any atom is -0.481 e. The third-order valence-corrected chi connectivity index (χ3v) is 2.87. The van der Waals surface area contributed by atoms with Gasteiger partial charge < -0.3 is 10.1 Å². The summed E-state index contributed by atoms with van der Waals surface area (Å²) in [5, 5.41) is 3.91. The van der Waals surface area contributed by atoms with Crippen molar-refractivity contribution in [2.24, 2.45) is 0 Å². The van der Waals surface area contributed by atoms with E-state index in [1.807, 2.05) is 37.4 Å². The highest BCUT2D eigenvalue weighted by Gasteiger charge is 2.14. The lowest BCUT2D eigenvalue weighted by Crippen LogP contribution is -2.19. The molecule has 0 aliphatic heterocycles. The van der Waals surface area contributed by atoms with Crippen molar-refractivity contribution in [3.05, 3.63) is 52.9 Å². The Kier molecular flexibility index (Phi) is 4.12. The molecule has 1 aromatic heterocycles. The first-order chi connectivity index (χ1) is 8.74. The number of benzene rings is 1. The van der Waals surface area contributed by atoms with Crippen molar-refractivity contribution in [1.82, 2.24) is 15.3 Å². The summed E-state index contributed by atoms with van der Waals surface area (Å²) in [6, 6.07) is 9.44. The number of rotatable bonds is 4. The molecule has 0 aliphatic carbocycles. The number of nitrogens with one attached hydrogen (secondary N) is 1. The van der Waals surface area contributed by atoms with E-state index in [-0.39, 0.29) is 6.04 Å². The van der Waals surface area contributed by atoms with Gasteiger partial charge in [0, 0.05) is 11.1 Å². The van der Waals surface area contributed by atoms with Crippen molar-refractivity contribution in [3.63, 3.8) is 0 Å². The molecular formula is C13H14ClN3O. The topological polar surface area (TPSA) is 47.0 Å². The standard InChI is InChI=1S/C13H14ClN3O/c1-15-13(9-4-3-5-10(14)6-9)11-7-12(18-2)17-8-16-11/h3-8,13,15H,1-2H3. The normalized spacial score (nSPS) is 12.2.